The SMILES string of the molecule is CCSC(c1ccc(Cl)cc1)c1c[nH]c2ccc(Br)cc12. The van der Waals surface area contributed by atoms with E-state index in [0.717, 1.165) is 15.2 Å². The summed E-state index contributed by atoms with van der Waals surface area (Å²) in [6, 6.07) is 14.5. The van der Waals surface area contributed by atoms with Gasteiger partial charge in [0.15, 0.2) is 0 Å². The standard InChI is InChI=1S/C17H15BrClNS/c1-2-21-17(11-3-6-13(19)7-4-11)15-10-20-16-8-5-12(18)9-14(15)16/h3-10,17,20H,2H2,1H3. The van der Waals surface area contributed by atoms with Gasteiger partial charge in [-0.15, -0.1) is 11.8 Å². The van der Waals surface area contributed by atoms with Crippen LogP contribution in [0.4, 0.5) is 0 Å². The Morgan fingerprint density at radius 3 is 2.67 bits per heavy atom. The Morgan fingerprint density at radius 1 is 1.19 bits per heavy atom. The lowest BCUT2D eigenvalue weighted by Crippen LogP contribution is -1.96. The molecule has 3 rings (SSSR count). The van der Waals surface area contributed by atoms with Crippen LogP contribution in [0.2, 0.25) is 5.02 Å². The van der Waals surface area contributed by atoms with Crippen LogP contribution in [-0.2, 0) is 0 Å². The summed E-state index contributed by atoms with van der Waals surface area (Å²) < 4.78 is 1.10. The lowest BCUT2D eigenvalue weighted by Gasteiger charge is -2.16. The summed E-state index contributed by atoms with van der Waals surface area (Å²) >= 11 is 11.5. The van der Waals surface area contributed by atoms with Crippen molar-refractivity contribution in [3.63, 3.8) is 0 Å². The number of halogens is 2. The number of aromatic nitrogens is 1. The van der Waals surface area contributed by atoms with Crippen molar-refractivity contribution in [3.8, 4) is 0 Å². The Hall–Kier alpha value is -0.900. The topological polar surface area (TPSA) is 15.8 Å². The van der Waals surface area contributed by atoms with Gasteiger partial charge in [0.05, 0.1) is 5.25 Å². The molecule has 0 aliphatic heterocycles. The van der Waals surface area contributed by atoms with Gasteiger partial charge in [-0.1, -0.05) is 46.6 Å². The van der Waals surface area contributed by atoms with Crippen molar-refractivity contribution in [3.05, 3.63) is 69.3 Å². The van der Waals surface area contributed by atoms with Gasteiger partial charge in [-0.05, 0) is 47.2 Å². The molecule has 2 aromatic carbocycles. The molecule has 21 heavy (non-hydrogen) atoms. The summed E-state index contributed by atoms with van der Waals surface area (Å²) in [5.41, 5.74) is 3.77. The predicted octanol–water partition coefficient (Wildman–Crippen LogP) is 6.43. The summed E-state index contributed by atoms with van der Waals surface area (Å²) in [4.78, 5) is 3.38. The van der Waals surface area contributed by atoms with Crippen LogP contribution in [0, 0.1) is 0 Å². The van der Waals surface area contributed by atoms with Gasteiger partial charge in [-0.2, -0.15) is 0 Å². The van der Waals surface area contributed by atoms with Crippen LogP contribution in [0.15, 0.2) is 53.1 Å². The van der Waals surface area contributed by atoms with E-state index in [-0.39, 0.29) is 0 Å². The van der Waals surface area contributed by atoms with E-state index in [1.165, 1.54) is 22.0 Å². The molecule has 1 N–H and O–H groups in total. The number of hydrogen-bond acceptors (Lipinski definition) is 1. The minimum atomic E-state index is 0.315. The highest BCUT2D eigenvalue weighted by Crippen LogP contribution is 2.40. The Balaban J connectivity index is 2.10. The number of nitrogens with one attached hydrogen (secondary N) is 1. The minimum absolute atomic E-state index is 0.315. The molecule has 0 radical (unpaired) electrons. The van der Waals surface area contributed by atoms with Gasteiger partial charge >= 0.3 is 0 Å². The molecule has 0 fully saturated rings. The Labute approximate surface area is 142 Å². The molecule has 4 heteroatoms. The van der Waals surface area contributed by atoms with E-state index in [9.17, 15) is 0 Å². The normalized spacial score (nSPS) is 12.7. The van der Waals surface area contributed by atoms with E-state index >= 15 is 0 Å². The van der Waals surface area contributed by atoms with Gasteiger partial charge in [-0.25, -0.2) is 0 Å². The first-order valence-electron chi connectivity index (χ1n) is 6.82. The van der Waals surface area contributed by atoms with Crippen molar-refractivity contribution >= 4 is 50.2 Å². The zero-order valence-electron chi connectivity index (χ0n) is 11.6. The minimum Gasteiger partial charge on any atom is -0.361 e. The molecule has 0 amide bonds. The van der Waals surface area contributed by atoms with E-state index in [0.29, 0.717) is 5.25 Å². The van der Waals surface area contributed by atoms with E-state index in [1.54, 1.807) is 0 Å². The fourth-order valence-electron chi connectivity index (χ4n) is 2.50. The molecule has 3 aromatic rings. The van der Waals surface area contributed by atoms with Crippen LogP contribution in [0.25, 0.3) is 10.9 Å². The zero-order valence-corrected chi connectivity index (χ0v) is 14.7. The largest absolute Gasteiger partial charge is 0.361 e. The fraction of sp³-hybridized carbons (Fsp3) is 0.176. The van der Waals surface area contributed by atoms with Crippen LogP contribution in [0.1, 0.15) is 23.3 Å². The monoisotopic (exact) mass is 379 g/mol. The second-order valence-corrected chi connectivity index (χ2v) is 7.56. The number of fused-ring (bicyclic) bond motifs is 1. The Bertz CT molecular complexity index is 751. The average molecular weight is 381 g/mol. The smallest absolute Gasteiger partial charge is 0.0567 e. The first-order chi connectivity index (χ1) is 10.2. The van der Waals surface area contributed by atoms with Gasteiger partial charge in [0.2, 0.25) is 0 Å². The van der Waals surface area contributed by atoms with Crippen LogP contribution in [0.3, 0.4) is 0 Å². The highest BCUT2D eigenvalue weighted by molar-refractivity contribution is 9.10. The van der Waals surface area contributed by atoms with Gasteiger partial charge in [-0.3, -0.25) is 0 Å². The molecule has 1 unspecified atom stereocenters. The quantitative estimate of drug-likeness (QED) is 0.551. The Morgan fingerprint density at radius 2 is 1.95 bits per heavy atom. The zero-order chi connectivity index (χ0) is 14.8. The number of H-pyrrole nitrogens is 1. The lowest BCUT2D eigenvalue weighted by molar-refractivity contribution is 1.16. The maximum atomic E-state index is 6.01. The maximum Gasteiger partial charge on any atom is 0.0567 e. The number of aromatic amines is 1. The summed E-state index contributed by atoms with van der Waals surface area (Å²) in [5, 5.41) is 2.36. The lowest BCUT2D eigenvalue weighted by atomic mass is 10.0. The van der Waals surface area contributed by atoms with Crippen molar-refractivity contribution < 1.29 is 0 Å². The Kier molecular flexibility index (Phi) is 4.63. The van der Waals surface area contributed by atoms with E-state index in [2.05, 4.69) is 64.4 Å². The van der Waals surface area contributed by atoms with Gasteiger partial charge in [0.25, 0.3) is 0 Å². The van der Waals surface area contributed by atoms with Crippen molar-refractivity contribution in [2.24, 2.45) is 0 Å². The molecule has 1 atom stereocenters. The van der Waals surface area contributed by atoms with Crippen molar-refractivity contribution in [1.29, 1.82) is 0 Å². The van der Waals surface area contributed by atoms with E-state index < -0.39 is 0 Å². The van der Waals surface area contributed by atoms with Crippen LogP contribution in [0.5, 0.6) is 0 Å². The third-order valence-corrected chi connectivity index (χ3v) is 5.40. The predicted molar refractivity (Wildman–Crippen MR) is 97.4 cm³/mol. The molecule has 0 spiro atoms. The number of hydrogen-bond donors (Lipinski definition) is 1. The molecule has 0 saturated carbocycles. The molecule has 108 valence electrons. The summed E-state index contributed by atoms with van der Waals surface area (Å²) in [5.74, 6) is 1.06. The molecule has 1 aromatic heterocycles. The first kappa shape index (κ1) is 15.0. The second-order valence-electron chi connectivity index (χ2n) is 4.82. The highest BCUT2D eigenvalue weighted by Gasteiger charge is 2.18. The molecule has 0 aliphatic rings. The molecule has 1 nitrogen and oxygen atoms in total. The molecular formula is C17H15BrClNS. The maximum absolute atomic E-state index is 6.01. The first-order valence-corrected chi connectivity index (χ1v) is 9.04. The third-order valence-electron chi connectivity index (χ3n) is 3.46. The number of thioether (sulfide) groups is 1. The van der Waals surface area contributed by atoms with E-state index in [1.807, 2.05) is 23.9 Å². The molecule has 1 heterocycles. The highest BCUT2D eigenvalue weighted by atomic mass is 79.9. The van der Waals surface area contributed by atoms with Crippen LogP contribution in [-0.4, -0.2) is 10.7 Å². The second kappa shape index (κ2) is 6.47. The molecule has 0 aliphatic carbocycles. The summed E-state index contributed by atoms with van der Waals surface area (Å²) in [7, 11) is 0. The van der Waals surface area contributed by atoms with Crippen LogP contribution >= 0.6 is 39.3 Å². The average Bonchev–Trinajstić information content (AvgIpc) is 2.89. The fourth-order valence-corrected chi connectivity index (χ4v) is 4.05. The van der Waals surface area contributed by atoms with Crippen molar-refractivity contribution in [1.82, 2.24) is 4.98 Å². The van der Waals surface area contributed by atoms with Crippen molar-refractivity contribution in [2.75, 3.05) is 5.75 Å². The summed E-state index contributed by atoms with van der Waals surface area (Å²) in [6.07, 6.45) is 2.12. The third kappa shape index (κ3) is 3.15. The number of benzene rings is 2. The number of rotatable bonds is 4. The van der Waals surface area contributed by atoms with Gasteiger partial charge in [0, 0.05) is 26.6 Å². The molecule has 0 bridgehead atoms. The van der Waals surface area contributed by atoms with Crippen molar-refractivity contribution in [2.45, 2.75) is 12.2 Å². The van der Waals surface area contributed by atoms with Crippen LogP contribution < -0.4 is 0 Å². The van der Waals surface area contributed by atoms with Gasteiger partial charge in [0.1, 0.15) is 0 Å². The van der Waals surface area contributed by atoms with E-state index in [4.69, 9.17) is 11.6 Å². The summed E-state index contributed by atoms with van der Waals surface area (Å²) in [6.45, 7) is 2.19. The molecule has 0 saturated heterocycles. The van der Waals surface area contributed by atoms with Gasteiger partial charge < -0.3 is 4.98 Å². The molecular weight excluding hydrogens is 366 g/mol.